The number of amidine groups is 1. The fourth-order valence-corrected chi connectivity index (χ4v) is 1.62. The Morgan fingerprint density at radius 2 is 2.44 bits per heavy atom. The summed E-state index contributed by atoms with van der Waals surface area (Å²) in [6.07, 6.45) is 0.679. The Kier molecular flexibility index (Phi) is 3.66. The molecule has 1 aliphatic rings. The normalized spacial score (nSPS) is 18.0. The van der Waals surface area contributed by atoms with Gasteiger partial charge < -0.3 is 20.3 Å². The zero-order valence-electron chi connectivity index (χ0n) is 9.70. The Balaban J connectivity index is 1.83. The number of nitrogens with zero attached hydrogens (tertiary/aromatic N) is 1. The topological polar surface area (TPSA) is 94.1 Å². The van der Waals surface area contributed by atoms with Gasteiger partial charge in [-0.3, -0.25) is 0 Å². The summed E-state index contributed by atoms with van der Waals surface area (Å²) in [5, 5.41) is 8.83. The molecule has 0 aromatic heterocycles. The zero-order valence-corrected chi connectivity index (χ0v) is 9.70. The maximum Gasteiger partial charge on any atom is 0.335 e. The molecule has 96 valence electrons. The number of aliphatic imine (C=N–C) groups is 1. The van der Waals surface area contributed by atoms with Crippen molar-refractivity contribution >= 4 is 12.0 Å². The molecule has 1 aromatic rings. The highest BCUT2D eigenvalue weighted by Crippen LogP contribution is 2.14. The summed E-state index contributed by atoms with van der Waals surface area (Å²) < 4.78 is 10.5. The van der Waals surface area contributed by atoms with Gasteiger partial charge in [-0.15, -0.1) is 0 Å². The first-order valence-corrected chi connectivity index (χ1v) is 5.57. The number of ether oxygens (including phenoxy) is 2. The minimum atomic E-state index is -0.970. The molecule has 0 aliphatic carbocycles. The van der Waals surface area contributed by atoms with E-state index >= 15 is 0 Å². The largest absolute Gasteiger partial charge is 0.493 e. The van der Waals surface area contributed by atoms with Gasteiger partial charge in [0, 0.05) is 6.42 Å². The minimum Gasteiger partial charge on any atom is -0.493 e. The van der Waals surface area contributed by atoms with Crippen LogP contribution in [0.25, 0.3) is 0 Å². The van der Waals surface area contributed by atoms with Crippen LogP contribution in [0.4, 0.5) is 0 Å². The van der Waals surface area contributed by atoms with E-state index in [4.69, 9.17) is 20.3 Å². The Morgan fingerprint density at radius 3 is 3.11 bits per heavy atom. The third-order valence-electron chi connectivity index (χ3n) is 2.53. The average Bonchev–Trinajstić information content (AvgIpc) is 2.75. The van der Waals surface area contributed by atoms with Crippen molar-refractivity contribution in [3.8, 4) is 5.75 Å². The number of hydrogen-bond donors (Lipinski definition) is 2. The highest BCUT2D eigenvalue weighted by molar-refractivity contribution is 5.87. The standard InChI is InChI=1S/C12H14N2O4/c13-12-14-9(7-18-12)4-5-17-10-3-1-2-8(6-10)11(15)16/h1-3,6,9H,4-5,7H2,(H2,13,14)(H,15,16)/t9-/m0/s1. The monoisotopic (exact) mass is 250 g/mol. The van der Waals surface area contributed by atoms with Gasteiger partial charge in [-0.05, 0) is 18.2 Å². The summed E-state index contributed by atoms with van der Waals surface area (Å²) in [5.41, 5.74) is 5.59. The van der Waals surface area contributed by atoms with Gasteiger partial charge in [-0.2, -0.15) is 0 Å². The van der Waals surface area contributed by atoms with Crippen molar-refractivity contribution in [1.82, 2.24) is 0 Å². The lowest BCUT2D eigenvalue weighted by atomic mass is 10.2. The van der Waals surface area contributed by atoms with Crippen LogP contribution in [0.15, 0.2) is 29.3 Å². The molecule has 1 atom stereocenters. The minimum absolute atomic E-state index is 0.0210. The lowest BCUT2D eigenvalue weighted by Gasteiger charge is -2.08. The SMILES string of the molecule is NC1=N[C@@H](CCOc2cccc(C(=O)O)c2)CO1. The van der Waals surface area contributed by atoms with Gasteiger partial charge in [0.15, 0.2) is 0 Å². The van der Waals surface area contributed by atoms with Crippen molar-refractivity contribution in [1.29, 1.82) is 0 Å². The molecule has 2 rings (SSSR count). The van der Waals surface area contributed by atoms with Gasteiger partial charge >= 0.3 is 5.97 Å². The van der Waals surface area contributed by atoms with E-state index in [1.165, 1.54) is 12.1 Å². The second-order valence-corrected chi connectivity index (χ2v) is 3.90. The number of rotatable bonds is 5. The third-order valence-corrected chi connectivity index (χ3v) is 2.53. The molecule has 1 aliphatic heterocycles. The summed E-state index contributed by atoms with van der Waals surface area (Å²) in [5.74, 6) is -0.437. The quantitative estimate of drug-likeness (QED) is 0.808. The summed E-state index contributed by atoms with van der Waals surface area (Å²) >= 11 is 0. The Morgan fingerprint density at radius 1 is 1.61 bits per heavy atom. The van der Waals surface area contributed by atoms with Crippen LogP contribution in [-0.2, 0) is 4.74 Å². The first-order chi connectivity index (χ1) is 8.65. The molecule has 0 saturated heterocycles. The molecule has 0 unspecified atom stereocenters. The molecule has 18 heavy (non-hydrogen) atoms. The van der Waals surface area contributed by atoms with Gasteiger partial charge in [0.25, 0.3) is 6.02 Å². The fourth-order valence-electron chi connectivity index (χ4n) is 1.62. The van der Waals surface area contributed by atoms with Crippen LogP contribution in [0.5, 0.6) is 5.75 Å². The number of hydrogen-bond acceptors (Lipinski definition) is 5. The number of carbonyl (C=O) groups is 1. The number of nitrogens with two attached hydrogens (primary N) is 1. The molecule has 6 nitrogen and oxygen atoms in total. The van der Waals surface area contributed by atoms with Crippen molar-refractivity contribution < 1.29 is 19.4 Å². The number of aromatic carboxylic acids is 1. The van der Waals surface area contributed by atoms with E-state index < -0.39 is 5.97 Å². The van der Waals surface area contributed by atoms with Gasteiger partial charge in [0.05, 0.1) is 18.2 Å². The van der Waals surface area contributed by atoms with E-state index in [2.05, 4.69) is 4.99 Å². The van der Waals surface area contributed by atoms with Gasteiger partial charge in [-0.1, -0.05) is 6.07 Å². The molecule has 0 amide bonds. The summed E-state index contributed by atoms with van der Waals surface area (Å²) in [7, 11) is 0. The lowest BCUT2D eigenvalue weighted by molar-refractivity contribution is 0.0696. The van der Waals surface area contributed by atoms with Crippen LogP contribution in [0.3, 0.4) is 0 Å². The highest BCUT2D eigenvalue weighted by atomic mass is 16.5. The van der Waals surface area contributed by atoms with Crippen molar-refractivity contribution in [3.05, 3.63) is 29.8 Å². The zero-order chi connectivity index (χ0) is 13.0. The van der Waals surface area contributed by atoms with Crippen LogP contribution in [0.2, 0.25) is 0 Å². The van der Waals surface area contributed by atoms with Gasteiger partial charge in [-0.25, -0.2) is 9.79 Å². The second-order valence-electron chi connectivity index (χ2n) is 3.90. The molecule has 0 bridgehead atoms. The van der Waals surface area contributed by atoms with E-state index in [1.807, 2.05) is 0 Å². The van der Waals surface area contributed by atoms with Crippen LogP contribution in [0.1, 0.15) is 16.8 Å². The molecule has 0 fully saturated rings. The smallest absolute Gasteiger partial charge is 0.335 e. The van der Waals surface area contributed by atoms with Crippen molar-refractivity contribution in [2.75, 3.05) is 13.2 Å². The van der Waals surface area contributed by atoms with Crippen LogP contribution in [0, 0.1) is 0 Å². The number of carboxylic acids is 1. The molecule has 0 spiro atoms. The molecule has 1 aromatic carbocycles. The Bertz CT molecular complexity index is 473. The van der Waals surface area contributed by atoms with Crippen molar-refractivity contribution in [2.24, 2.45) is 10.7 Å². The van der Waals surface area contributed by atoms with E-state index in [9.17, 15) is 4.79 Å². The molecular formula is C12H14N2O4. The van der Waals surface area contributed by atoms with E-state index in [-0.39, 0.29) is 17.6 Å². The maximum atomic E-state index is 10.8. The van der Waals surface area contributed by atoms with E-state index in [0.29, 0.717) is 25.4 Å². The molecule has 6 heteroatoms. The molecule has 0 radical (unpaired) electrons. The Labute approximate surface area is 104 Å². The highest BCUT2D eigenvalue weighted by Gasteiger charge is 2.16. The Hall–Kier alpha value is -2.24. The van der Waals surface area contributed by atoms with Crippen LogP contribution in [-0.4, -0.2) is 36.4 Å². The average molecular weight is 250 g/mol. The molecule has 1 heterocycles. The molecule has 0 saturated carbocycles. The van der Waals surface area contributed by atoms with E-state index in [0.717, 1.165) is 0 Å². The van der Waals surface area contributed by atoms with Crippen molar-refractivity contribution in [2.45, 2.75) is 12.5 Å². The molecule has 3 N–H and O–H groups in total. The first kappa shape index (κ1) is 12.2. The van der Waals surface area contributed by atoms with Gasteiger partial charge in [0.2, 0.25) is 0 Å². The third kappa shape index (κ3) is 3.13. The van der Waals surface area contributed by atoms with Crippen LogP contribution >= 0.6 is 0 Å². The van der Waals surface area contributed by atoms with Crippen molar-refractivity contribution in [3.63, 3.8) is 0 Å². The fraction of sp³-hybridized carbons (Fsp3) is 0.333. The first-order valence-electron chi connectivity index (χ1n) is 5.57. The maximum absolute atomic E-state index is 10.8. The predicted octanol–water partition coefficient (Wildman–Crippen LogP) is 0.867. The summed E-state index contributed by atoms with van der Waals surface area (Å²) in [4.78, 5) is 14.8. The number of benzene rings is 1. The van der Waals surface area contributed by atoms with Gasteiger partial charge in [0.1, 0.15) is 12.4 Å². The second kappa shape index (κ2) is 5.39. The summed E-state index contributed by atoms with van der Waals surface area (Å²) in [6.45, 7) is 0.915. The summed E-state index contributed by atoms with van der Waals surface area (Å²) in [6, 6.07) is 6.61. The van der Waals surface area contributed by atoms with Crippen LogP contribution < -0.4 is 10.5 Å². The number of carboxylic acid groups (broad SMARTS) is 1. The van der Waals surface area contributed by atoms with E-state index in [1.54, 1.807) is 12.1 Å². The lowest BCUT2D eigenvalue weighted by Crippen LogP contribution is -2.12. The molecular weight excluding hydrogens is 236 g/mol. The predicted molar refractivity (Wildman–Crippen MR) is 64.9 cm³/mol.